The number of hydrogen-bond donors (Lipinski definition) is 1. The molecule has 1 rings (SSSR count). The number of rotatable bonds is 3. The summed E-state index contributed by atoms with van der Waals surface area (Å²) in [5.41, 5.74) is 0.111. The topological polar surface area (TPSA) is 49.4 Å². The van der Waals surface area contributed by atoms with Crippen LogP contribution >= 0.6 is 0 Å². The summed E-state index contributed by atoms with van der Waals surface area (Å²) in [6.45, 7) is 6.56. The minimum absolute atomic E-state index is 0.106. The van der Waals surface area contributed by atoms with Gasteiger partial charge in [-0.05, 0) is 11.3 Å². The summed E-state index contributed by atoms with van der Waals surface area (Å²) >= 11 is 0. The van der Waals surface area contributed by atoms with E-state index in [4.69, 9.17) is 0 Å². The van der Waals surface area contributed by atoms with E-state index in [2.05, 4.69) is 26.1 Å². The van der Waals surface area contributed by atoms with Crippen molar-refractivity contribution in [2.45, 2.75) is 20.8 Å². The Kier molecular flexibility index (Phi) is 3.88. The number of alkyl halides is 1. The summed E-state index contributed by atoms with van der Waals surface area (Å²) in [7, 11) is 0. The van der Waals surface area contributed by atoms with Gasteiger partial charge in [0.1, 0.15) is 0 Å². The number of carbonyl (C=O) groups is 2. The fraction of sp³-hybridized carbons (Fsp3) is 0.818. The van der Waals surface area contributed by atoms with Crippen LogP contribution in [-0.2, 0) is 9.59 Å². The van der Waals surface area contributed by atoms with Gasteiger partial charge in [0.2, 0.25) is 5.91 Å². The number of carbonyl (C=O) groups excluding carboxylic acids is 2. The molecule has 1 saturated heterocycles. The maximum absolute atomic E-state index is 11.9. The van der Waals surface area contributed by atoms with Gasteiger partial charge < -0.3 is 10.2 Å². The largest absolute Gasteiger partial charge is 0.345 e. The minimum Gasteiger partial charge on any atom is -0.345 e. The number of likely N-dealkylation sites (tertiary alicyclic amines) is 1. The van der Waals surface area contributed by atoms with Crippen LogP contribution in [0.25, 0.3) is 0 Å². The lowest BCUT2D eigenvalue weighted by Crippen LogP contribution is -2.40. The fourth-order valence-corrected chi connectivity index (χ4v) is 1.81. The third-order valence-corrected chi connectivity index (χ3v) is 3.34. The van der Waals surface area contributed by atoms with Crippen LogP contribution in [0.4, 0.5) is 4.39 Å². The van der Waals surface area contributed by atoms with Gasteiger partial charge in [-0.25, -0.2) is 4.39 Å². The molecular formula is C11H19FN2O2. The van der Waals surface area contributed by atoms with Crippen molar-refractivity contribution in [3.8, 4) is 0 Å². The molecule has 0 aromatic heterocycles. The Balaban J connectivity index is 2.42. The lowest BCUT2D eigenvalue weighted by molar-refractivity contribution is -0.132. The summed E-state index contributed by atoms with van der Waals surface area (Å²) < 4.78 is 11.9. The summed E-state index contributed by atoms with van der Waals surface area (Å²) in [5, 5.41) is 2.25. The van der Waals surface area contributed by atoms with E-state index in [0.717, 1.165) is 0 Å². The Morgan fingerprint density at radius 1 is 1.50 bits per heavy atom. The second kappa shape index (κ2) is 4.80. The van der Waals surface area contributed by atoms with Gasteiger partial charge in [-0.3, -0.25) is 9.59 Å². The molecule has 1 unspecified atom stereocenters. The first-order chi connectivity index (χ1) is 7.36. The van der Waals surface area contributed by atoms with Crippen LogP contribution in [0.3, 0.4) is 0 Å². The third kappa shape index (κ3) is 2.93. The predicted molar refractivity (Wildman–Crippen MR) is 58.5 cm³/mol. The van der Waals surface area contributed by atoms with Gasteiger partial charge in [0.15, 0.2) is 6.67 Å². The zero-order chi connectivity index (χ0) is 12.3. The molecule has 2 amide bonds. The highest BCUT2D eigenvalue weighted by Crippen LogP contribution is 2.34. The smallest absolute Gasteiger partial charge is 0.251 e. The molecule has 1 heterocycles. The van der Waals surface area contributed by atoms with Crippen LogP contribution in [0, 0.1) is 11.3 Å². The Morgan fingerprint density at radius 3 is 2.56 bits per heavy atom. The molecule has 1 fully saturated rings. The highest BCUT2D eigenvalue weighted by Gasteiger charge is 2.38. The van der Waals surface area contributed by atoms with Crippen molar-refractivity contribution in [2.75, 3.05) is 26.3 Å². The maximum atomic E-state index is 11.9. The quantitative estimate of drug-likeness (QED) is 0.771. The van der Waals surface area contributed by atoms with Crippen molar-refractivity contribution in [3.63, 3.8) is 0 Å². The molecule has 0 spiro atoms. The molecule has 1 aliphatic heterocycles. The molecule has 4 nitrogen and oxygen atoms in total. The Hall–Kier alpha value is -1.13. The van der Waals surface area contributed by atoms with E-state index in [-0.39, 0.29) is 17.9 Å². The molecule has 5 heteroatoms. The maximum Gasteiger partial charge on any atom is 0.251 e. The number of nitrogens with zero attached hydrogens (tertiary/aromatic N) is 1. The molecule has 0 aromatic carbocycles. The van der Waals surface area contributed by atoms with E-state index in [1.54, 1.807) is 4.90 Å². The SMILES string of the molecule is CC1CN(C(=O)CNC(=O)CF)CC1(C)C. The van der Waals surface area contributed by atoms with Crippen LogP contribution in [0.15, 0.2) is 0 Å². The zero-order valence-corrected chi connectivity index (χ0v) is 10.0. The molecule has 92 valence electrons. The number of hydrogen-bond acceptors (Lipinski definition) is 2. The Morgan fingerprint density at radius 2 is 2.12 bits per heavy atom. The second-order valence-corrected chi connectivity index (χ2v) is 5.07. The monoisotopic (exact) mass is 230 g/mol. The normalized spacial score (nSPS) is 23.2. The van der Waals surface area contributed by atoms with Crippen molar-refractivity contribution in [2.24, 2.45) is 11.3 Å². The van der Waals surface area contributed by atoms with E-state index in [9.17, 15) is 14.0 Å². The van der Waals surface area contributed by atoms with Crippen LogP contribution < -0.4 is 5.32 Å². The van der Waals surface area contributed by atoms with E-state index in [1.807, 2.05) is 0 Å². The second-order valence-electron chi connectivity index (χ2n) is 5.07. The molecule has 1 aliphatic rings. The molecule has 0 bridgehead atoms. The van der Waals surface area contributed by atoms with Crippen molar-refractivity contribution in [1.82, 2.24) is 10.2 Å². The molecule has 1 N–H and O–H groups in total. The number of halogens is 1. The van der Waals surface area contributed by atoms with Gasteiger partial charge in [0.05, 0.1) is 6.54 Å². The van der Waals surface area contributed by atoms with Crippen molar-refractivity contribution < 1.29 is 14.0 Å². The Labute approximate surface area is 95.2 Å². The van der Waals surface area contributed by atoms with Gasteiger partial charge in [-0.2, -0.15) is 0 Å². The molecule has 1 atom stereocenters. The highest BCUT2D eigenvalue weighted by molar-refractivity contribution is 5.85. The van der Waals surface area contributed by atoms with Gasteiger partial charge in [-0.15, -0.1) is 0 Å². The standard InChI is InChI=1S/C11H19FN2O2/c1-8-6-14(7-11(8,2)3)10(16)5-13-9(15)4-12/h8H,4-7H2,1-3H3,(H,13,15). The van der Waals surface area contributed by atoms with Crippen molar-refractivity contribution in [3.05, 3.63) is 0 Å². The molecule has 0 aliphatic carbocycles. The van der Waals surface area contributed by atoms with E-state index in [0.29, 0.717) is 19.0 Å². The predicted octanol–water partition coefficient (Wildman–Crippen LogP) is 0.577. The van der Waals surface area contributed by atoms with Crippen molar-refractivity contribution in [1.29, 1.82) is 0 Å². The third-order valence-electron chi connectivity index (χ3n) is 3.34. The van der Waals surface area contributed by atoms with Gasteiger partial charge in [0.25, 0.3) is 5.91 Å². The van der Waals surface area contributed by atoms with Gasteiger partial charge in [-0.1, -0.05) is 20.8 Å². The molecular weight excluding hydrogens is 211 g/mol. The summed E-state index contributed by atoms with van der Waals surface area (Å²) in [6.07, 6.45) is 0. The number of amides is 2. The van der Waals surface area contributed by atoms with E-state index in [1.165, 1.54) is 0 Å². The lowest BCUT2D eigenvalue weighted by atomic mass is 9.84. The molecule has 16 heavy (non-hydrogen) atoms. The van der Waals surface area contributed by atoms with E-state index >= 15 is 0 Å². The van der Waals surface area contributed by atoms with Gasteiger partial charge >= 0.3 is 0 Å². The molecule has 0 saturated carbocycles. The van der Waals surface area contributed by atoms with Crippen molar-refractivity contribution >= 4 is 11.8 Å². The van der Waals surface area contributed by atoms with E-state index < -0.39 is 12.6 Å². The zero-order valence-electron chi connectivity index (χ0n) is 10.0. The lowest BCUT2D eigenvalue weighted by Gasteiger charge is -2.22. The first-order valence-corrected chi connectivity index (χ1v) is 5.47. The first kappa shape index (κ1) is 12.9. The average molecular weight is 230 g/mol. The molecule has 0 radical (unpaired) electrons. The average Bonchev–Trinajstić information content (AvgIpc) is 2.49. The van der Waals surface area contributed by atoms with Crippen LogP contribution in [0.5, 0.6) is 0 Å². The summed E-state index contributed by atoms with van der Waals surface area (Å²) in [4.78, 5) is 24.1. The van der Waals surface area contributed by atoms with Crippen LogP contribution in [0.1, 0.15) is 20.8 Å². The molecule has 0 aromatic rings. The van der Waals surface area contributed by atoms with Crippen LogP contribution in [0.2, 0.25) is 0 Å². The first-order valence-electron chi connectivity index (χ1n) is 5.47. The summed E-state index contributed by atoms with van der Waals surface area (Å²) in [6, 6.07) is 0. The van der Waals surface area contributed by atoms with Gasteiger partial charge in [0, 0.05) is 13.1 Å². The Bertz CT molecular complexity index is 292. The highest BCUT2D eigenvalue weighted by atomic mass is 19.1. The summed E-state index contributed by atoms with van der Waals surface area (Å²) in [5.74, 6) is -0.438. The number of nitrogens with one attached hydrogen (secondary N) is 1. The fourth-order valence-electron chi connectivity index (χ4n) is 1.81. The minimum atomic E-state index is -1.07. The van der Waals surface area contributed by atoms with Crippen LogP contribution in [-0.4, -0.2) is 43.0 Å².